The first-order valence-corrected chi connectivity index (χ1v) is 14.1. The summed E-state index contributed by atoms with van der Waals surface area (Å²) in [5.74, 6) is 2.53. The van der Waals surface area contributed by atoms with Gasteiger partial charge in [-0.15, -0.1) is 0 Å². The van der Waals surface area contributed by atoms with Crippen molar-refractivity contribution in [3.8, 4) is 34.1 Å². The van der Waals surface area contributed by atoms with Gasteiger partial charge in [0.25, 0.3) is 0 Å². The average molecular weight is 517 g/mol. The maximum absolute atomic E-state index is 13.0. The van der Waals surface area contributed by atoms with E-state index in [0.717, 1.165) is 39.8 Å². The lowest BCUT2D eigenvalue weighted by atomic mass is 9.97. The number of aromatic amines is 1. The van der Waals surface area contributed by atoms with E-state index in [2.05, 4.69) is 9.97 Å². The summed E-state index contributed by atoms with van der Waals surface area (Å²) in [6.07, 6.45) is 3.70. The number of ether oxygens (including phenoxy) is 2. The molecule has 4 heterocycles. The van der Waals surface area contributed by atoms with Gasteiger partial charge in [0.15, 0.2) is 11.5 Å². The second-order valence-corrected chi connectivity index (χ2v) is 11.4. The highest BCUT2D eigenvalue weighted by molar-refractivity contribution is 7.89. The fraction of sp³-hybridized carbons (Fsp3) is 0.286. The van der Waals surface area contributed by atoms with Gasteiger partial charge < -0.3 is 14.5 Å². The lowest BCUT2D eigenvalue weighted by Crippen LogP contribution is -2.39. The van der Waals surface area contributed by atoms with Crippen molar-refractivity contribution in [3.05, 3.63) is 84.3 Å². The highest BCUT2D eigenvalue weighted by Gasteiger charge is 2.31. The number of hydrogen-bond acceptors (Lipinski definition) is 6. The van der Waals surface area contributed by atoms with Crippen molar-refractivity contribution >= 4 is 10.0 Å². The Kier molecular flexibility index (Phi) is 6.40. The Balaban J connectivity index is 1.21. The average Bonchev–Trinajstić information content (AvgIpc) is 3.60. The SMILES string of the molecule is O=S(=O)(CCc1ccccc1)N1CCC(c2nc(-c3ccc4c(c3)OCO4)c(-c3ccccn3)[nH]2)CC1. The van der Waals surface area contributed by atoms with E-state index in [-0.39, 0.29) is 18.5 Å². The molecule has 2 aliphatic rings. The van der Waals surface area contributed by atoms with Gasteiger partial charge in [0, 0.05) is 30.8 Å². The molecule has 8 nitrogen and oxygen atoms in total. The molecule has 37 heavy (non-hydrogen) atoms. The number of H-pyrrole nitrogens is 1. The van der Waals surface area contributed by atoms with Crippen LogP contribution >= 0.6 is 0 Å². The number of aryl methyl sites for hydroxylation is 1. The largest absolute Gasteiger partial charge is 0.454 e. The third-order valence-electron chi connectivity index (χ3n) is 7.01. The zero-order valence-electron chi connectivity index (χ0n) is 20.3. The van der Waals surface area contributed by atoms with Crippen molar-refractivity contribution in [2.24, 2.45) is 0 Å². The number of nitrogens with one attached hydrogen (secondary N) is 1. The quantitative estimate of drug-likeness (QED) is 0.385. The van der Waals surface area contributed by atoms with Crippen LogP contribution in [-0.4, -0.2) is 53.3 Å². The molecule has 0 unspecified atom stereocenters. The highest BCUT2D eigenvalue weighted by Crippen LogP contribution is 2.39. The van der Waals surface area contributed by atoms with Crippen LogP contribution in [0.1, 0.15) is 30.1 Å². The number of nitrogens with zero attached hydrogens (tertiary/aromatic N) is 3. The number of piperidine rings is 1. The van der Waals surface area contributed by atoms with E-state index >= 15 is 0 Å². The molecular formula is C28H28N4O4S. The summed E-state index contributed by atoms with van der Waals surface area (Å²) in [6, 6.07) is 21.3. The van der Waals surface area contributed by atoms with Crippen LogP contribution in [0.15, 0.2) is 72.9 Å². The van der Waals surface area contributed by atoms with Crippen LogP contribution in [0.3, 0.4) is 0 Å². The van der Waals surface area contributed by atoms with Crippen molar-refractivity contribution in [3.63, 3.8) is 0 Å². The molecule has 0 bridgehead atoms. The minimum Gasteiger partial charge on any atom is -0.454 e. The van der Waals surface area contributed by atoms with Crippen LogP contribution in [0.25, 0.3) is 22.6 Å². The minimum atomic E-state index is -3.31. The van der Waals surface area contributed by atoms with Crippen molar-refractivity contribution in [2.45, 2.75) is 25.2 Å². The van der Waals surface area contributed by atoms with E-state index < -0.39 is 10.0 Å². The van der Waals surface area contributed by atoms with Crippen LogP contribution < -0.4 is 9.47 Å². The number of aromatic nitrogens is 3. The second kappa shape index (κ2) is 9.99. The van der Waals surface area contributed by atoms with E-state index in [4.69, 9.17) is 14.5 Å². The number of benzene rings is 2. The smallest absolute Gasteiger partial charge is 0.231 e. The Morgan fingerprint density at radius 1 is 0.946 bits per heavy atom. The van der Waals surface area contributed by atoms with Crippen molar-refractivity contribution < 1.29 is 17.9 Å². The summed E-state index contributed by atoms with van der Waals surface area (Å²) in [7, 11) is -3.31. The molecule has 1 saturated heterocycles. The van der Waals surface area contributed by atoms with E-state index in [0.29, 0.717) is 38.1 Å². The van der Waals surface area contributed by atoms with Gasteiger partial charge in [-0.3, -0.25) is 4.98 Å². The fourth-order valence-electron chi connectivity index (χ4n) is 4.96. The summed E-state index contributed by atoms with van der Waals surface area (Å²) in [5.41, 5.74) is 4.38. The minimum absolute atomic E-state index is 0.126. The first-order valence-electron chi connectivity index (χ1n) is 12.5. The lowest BCUT2D eigenvalue weighted by molar-refractivity contribution is 0.174. The molecular weight excluding hydrogens is 488 g/mol. The number of hydrogen-bond donors (Lipinski definition) is 1. The van der Waals surface area contributed by atoms with Crippen LogP contribution in [0.2, 0.25) is 0 Å². The number of rotatable bonds is 7. The molecule has 1 fully saturated rings. The summed E-state index contributed by atoms with van der Waals surface area (Å²) in [4.78, 5) is 13.1. The van der Waals surface area contributed by atoms with Gasteiger partial charge in [-0.05, 0) is 55.2 Å². The Hall–Kier alpha value is -3.69. The first-order chi connectivity index (χ1) is 18.1. The number of imidazole rings is 1. The summed E-state index contributed by atoms with van der Waals surface area (Å²) < 4.78 is 38.7. The highest BCUT2D eigenvalue weighted by atomic mass is 32.2. The Morgan fingerprint density at radius 2 is 1.73 bits per heavy atom. The van der Waals surface area contributed by atoms with Crippen LogP contribution in [-0.2, 0) is 16.4 Å². The summed E-state index contributed by atoms with van der Waals surface area (Å²) >= 11 is 0. The number of pyridine rings is 1. The standard InChI is InChI=1S/C28H28N4O4S/c33-37(34,17-13-20-6-2-1-3-7-20)32-15-11-21(12-16-32)28-30-26(27(31-28)23-8-4-5-14-29-23)22-9-10-24-25(18-22)36-19-35-24/h1-10,14,18,21H,11-13,15-17,19H2,(H,30,31). The molecule has 2 aromatic carbocycles. The van der Waals surface area contributed by atoms with Gasteiger partial charge in [-0.25, -0.2) is 17.7 Å². The van der Waals surface area contributed by atoms with Gasteiger partial charge in [0.1, 0.15) is 5.82 Å². The predicted octanol–water partition coefficient (Wildman–Crippen LogP) is 4.62. The van der Waals surface area contributed by atoms with Crippen LogP contribution in [0.4, 0.5) is 0 Å². The molecule has 9 heteroatoms. The molecule has 0 saturated carbocycles. The van der Waals surface area contributed by atoms with Crippen molar-refractivity contribution in [2.75, 3.05) is 25.6 Å². The van der Waals surface area contributed by atoms with Crippen molar-refractivity contribution in [1.82, 2.24) is 19.3 Å². The summed E-state index contributed by atoms with van der Waals surface area (Å²) in [5, 5.41) is 0. The Labute approximate surface area is 216 Å². The van der Waals surface area contributed by atoms with Gasteiger partial charge in [-0.2, -0.15) is 0 Å². The monoisotopic (exact) mass is 516 g/mol. The first kappa shape index (κ1) is 23.7. The maximum Gasteiger partial charge on any atom is 0.231 e. The van der Waals surface area contributed by atoms with E-state index in [1.165, 1.54) is 0 Å². The molecule has 0 amide bonds. The molecule has 190 valence electrons. The molecule has 0 radical (unpaired) electrons. The normalized spacial score (nSPS) is 16.2. The topological polar surface area (TPSA) is 97.4 Å². The van der Waals surface area contributed by atoms with Crippen molar-refractivity contribution in [1.29, 1.82) is 0 Å². The maximum atomic E-state index is 13.0. The second-order valence-electron chi connectivity index (χ2n) is 9.35. The molecule has 0 aliphatic carbocycles. The lowest BCUT2D eigenvalue weighted by Gasteiger charge is -2.30. The van der Waals surface area contributed by atoms with E-state index in [1.807, 2.05) is 66.7 Å². The zero-order chi connectivity index (χ0) is 25.2. The van der Waals surface area contributed by atoms with Crippen LogP contribution in [0.5, 0.6) is 11.5 Å². The summed E-state index contributed by atoms with van der Waals surface area (Å²) in [6.45, 7) is 1.19. The molecule has 1 N–H and O–H groups in total. The zero-order valence-corrected chi connectivity index (χ0v) is 21.2. The number of fused-ring (bicyclic) bond motifs is 1. The Bertz CT molecular complexity index is 1480. The van der Waals surface area contributed by atoms with Crippen LogP contribution in [0, 0.1) is 0 Å². The van der Waals surface area contributed by atoms with E-state index in [1.54, 1.807) is 10.5 Å². The molecule has 0 spiro atoms. The molecule has 2 aromatic heterocycles. The molecule has 6 rings (SSSR count). The third kappa shape index (κ3) is 4.97. The van der Waals surface area contributed by atoms with Gasteiger partial charge in [0.2, 0.25) is 16.8 Å². The van der Waals surface area contributed by atoms with Gasteiger partial charge >= 0.3 is 0 Å². The van der Waals surface area contributed by atoms with Gasteiger partial charge in [-0.1, -0.05) is 36.4 Å². The molecule has 4 aromatic rings. The predicted molar refractivity (Wildman–Crippen MR) is 141 cm³/mol. The van der Waals surface area contributed by atoms with E-state index in [9.17, 15) is 8.42 Å². The Morgan fingerprint density at radius 3 is 2.51 bits per heavy atom. The molecule has 2 aliphatic heterocycles. The third-order valence-corrected chi connectivity index (χ3v) is 8.89. The molecule has 0 atom stereocenters. The fourth-order valence-corrected chi connectivity index (χ4v) is 6.48. The van der Waals surface area contributed by atoms with Gasteiger partial charge in [0.05, 0.1) is 22.8 Å². The number of sulfonamides is 1.